The minimum Gasteiger partial charge on any atom is -0.339 e. The predicted octanol–water partition coefficient (Wildman–Crippen LogP) is 5.58. The molecule has 6 atom stereocenters. The standard InChI is InChI=1S/C32H47F3N6O2/c1-4-39(5-2)22-12-16-40(17-13-22)25-11-8-14-32(34,35)27(25)36-30(42)41-18-15-31(3,20-26(41)21-9-6-7-10-21)29-37-28(43-38-29)23-19-24(23)33/h6-7,9,22-27H,4-5,8,10-20H2,1-3H3,(H,36,42)/t23-,24+,25+,26?,27-,31?/m1/s1. The number of amides is 2. The fourth-order valence-corrected chi connectivity index (χ4v) is 7.99. The number of piperidine rings is 2. The molecule has 2 amide bonds. The van der Waals surface area contributed by atoms with Gasteiger partial charge in [-0.05, 0) is 70.0 Å². The molecule has 0 bridgehead atoms. The van der Waals surface area contributed by atoms with Crippen molar-refractivity contribution in [2.24, 2.45) is 0 Å². The summed E-state index contributed by atoms with van der Waals surface area (Å²) in [7, 11) is 0. The second-order valence-corrected chi connectivity index (χ2v) is 13.5. The molecular weight excluding hydrogens is 557 g/mol. The largest absolute Gasteiger partial charge is 0.339 e. The van der Waals surface area contributed by atoms with Crippen molar-refractivity contribution in [1.29, 1.82) is 0 Å². The van der Waals surface area contributed by atoms with Gasteiger partial charge in [-0.2, -0.15) is 4.98 Å². The zero-order chi connectivity index (χ0) is 30.4. The molecule has 3 aliphatic carbocycles. The Kier molecular flexibility index (Phi) is 8.67. The van der Waals surface area contributed by atoms with Crippen molar-refractivity contribution in [2.75, 3.05) is 32.7 Å². The van der Waals surface area contributed by atoms with Gasteiger partial charge in [-0.25, -0.2) is 18.0 Å². The highest BCUT2D eigenvalue weighted by Gasteiger charge is 2.52. The summed E-state index contributed by atoms with van der Waals surface area (Å²) in [6.45, 7) is 10.3. The Morgan fingerprint density at radius 3 is 2.56 bits per heavy atom. The van der Waals surface area contributed by atoms with E-state index in [1.807, 2.05) is 18.2 Å². The van der Waals surface area contributed by atoms with E-state index < -0.39 is 29.6 Å². The second-order valence-electron chi connectivity index (χ2n) is 13.5. The van der Waals surface area contributed by atoms with Gasteiger partial charge >= 0.3 is 6.03 Å². The van der Waals surface area contributed by atoms with Crippen LogP contribution in [0.25, 0.3) is 0 Å². The summed E-state index contributed by atoms with van der Waals surface area (Å²) in [5, 5.41) is 7.11. The molecule has 1 aromatic heterocycles. The van der Waals surface area contributed by atoms with Crippen molar-refractivity contribution in [3.63, 3.8) is 0 Å². The predicted molar refractivity (Wildman–Crippen MR) is 158 cm³/mol. The minimum atomic E-state index is -2.97. The van der Waals surface area contributed by atoms with Crippen LogP contribution in [0.5, 0.6) is 0 Å². The summed E-state index contributed by atoms with van der Waals surface area (Å²) in [4.78, 5) is 25.0. The zero-order valence-electron chi connectivity index (χ0n) is 25.8. The summed E-state index contributed by atoms with van der Waals surface area (Å²) in [5.74, 6) is -2.42. The minimum absolute atomic E-state index is 0.207. The maximum atomic E-state index is 15.6. The average Bonchev–Trinajstić information content (AvgIpc) is 3.38. The SMILES string of the molecule is CCN(CC)C1CCN([C@H]2CCCC(F)(F)[C@@H]2NC(=O)N2CCC(C)(c3noc([C@@H]4C[C@@H]4F)n3)CC2C2=CC=CC2)CC1. The fourth-order valence-electron chi connectivity index (χ4n) is 7.99. The van der Waals surface area contributed by atoms with Crippen molar-refractivity contribution in [3.05, 3.63) is 35.5 Å². The highest BCUT2D eigenvalue weighted by molar-refractivity contribution is 5.76. The highest BCUT2D eigenvalue weighted by atomic mass is 19.3. The first-order valence-corrected chi connectivity index (χ1v) is 16.4. The van der Waals surface area contributed by atoms with E-state index in [0.29, 0.717) is 62.8 Å². The average molecular weight is 605 g/mol. The molecule has 2 unspecified atom stereocenters. The zero-order valence-corrected chi connectivity index (χ0v) is 25.8. The van der Waals surface area contributed by atoms with E-state index in [-0.39, 0.29) is 24.4 Å². The number of allylic oxidation sites excluding steroid dienone is 3. The van der Waals surface area contributed by atoms with Gasteiger partial charge in [0.1, 0.15) is 12.2 Å². The molecule has 1 N–H and O–H groups in total. The summed E-state index contributed by atoms with van der Waals surface area (Å²) in [5.41, 5.74) is 0.584. The van der Waals surface area contributed by atoms with Gasteiger partial charge in [-0.1, -0.05) is 44.2 Å². The molecule has 2 saturated heterocycles. The topological polar surface area (TPSA) is 77.7 Å². The van der Waals surface area contributed by atoms with Gasteiger partial charge in [0, 0.05) is 43.6 Å². The van der Waals surface area contributed by atoms with Crippen LogP contribution in [0.4, 0.5) is 18.0 Å². The number of aromatic nitrogens is 2. The van der Waals surface area contributed by atoms with Crippen molar-refractivity contribution in [3.8, 4) is 0 Å². The van der Waals surface area contributed by atoms with Gasteiger partial charge in [0.05, 0.1) is 12.0 Å². The van der Waals surface area contributed by atoms with Crippen LogP contribution in [0, 0.1) is 0 Å². The highest BCUT2D eigenvalue weighted by Crippen LogP contribution is 2.45. The summed E-state index contributed by atoms with van der Waals surface area (Å²) < 4.78 is 50.3. The van der Waals surface area contributed by atoms with Crippen molar-refractivity contribution >= 4 is 6.03 Å². The number of hydrogen-bond donors (Lipinski definition) is 1. The number of alkyl halides is 3. The molecule has 8 nitrogen and oxygen atoms in total. The van der Waals surface area contributed by atoms with Crippen molar-refractivity contribution < 1.29 is 22.5 Å². The van der Waals surface area contributed by atoms with Crippen LogP contribution >= 0.6 is 0 Å². The Labute approximate surface area is 253 Å². The molecule has 1 aromatic rings. The Morgan fingerprint density at radius 1 is 1.16 bits per heavy atom. The first-order valence-electron chi connectivity index (χ1n) is 16.4. The molecule has 4 fully saturated rings. The van der Waals surface area contributed by atoms with E-state index >= 15 is 8.78 Å². The van der Waals surface area contributed by atoms with Crippen LogP contribution in [0.3, 0.4) is 0 Å². The summed E-state index contributed by atoms with van der Waals surface area (Å²) in [6, 6.07) is -1.84. The number of halogens is 3. The normalized spacial score (nSPS) is 34.9. The number of likely N-dealkylation sites (tertiary alicyclic amines) is 2. The van der Waals surface area contributed by atoms with E-state index in [9.17, 15) is 9.18 Å². The number of carbonyl (C=O) groups is 1. The molecule has 0 spiro atoms. The van der Waals surface area contributed by atoms with E-state index in [2.05, 4.69) is 46.0 Å². The van der Waals surface area contributed by atoms with Gasteiger partial charge in [0.15, 0.2) is 5.82 Å². The maximum absolute atomic E-state index is 15.6. The number of hydrogen-bond acceptors (Lipinski definition) is 6. The van der Waals surface area contributed by atoms with Gasteiger partial charge < -0.3 is 19.6 Å². The van der Waals surface area contributed by atoms with E-state index in [4.69, 9.17) is 4.52 Å². The lowest BCUT2D eigenvalue weighted by atomic mass is 9.74. The van der Waals surface area contributed by atoms with Crippen LogP contribution in [0.1, 0.15) is 96.2 Å². The van der Waals surface area contributed by atoms with Crippen LogP contribution in [-0.2, 0) is 5.41 Å². The molecule has 3 heterocycles. The Hall–Kier alpha value is -2.40. The van der Waals surface area contributed by atoms with Crippen LogP contribution in [-0.4, -0.2) is 99.9 Å². The number of nitrogens with one attached hydrogen (secondary N) is 1. The summed E-state index contributed by atoms with van der Waals surface area (Å²) >= 11 is 0. The van der Waals surface area contributed by atoms with Crippen molar-refractivity contribution in [1.82, 2.24) is 30.2 Å². The summed E-state index contributed by atoms with van der Waals surface area (Å²) in [6.07, 6.45) is 10.2. The number of nitrogens with zero attached hydrogens (tertiary/aromatic N) is 5. The lowest BCUT2D eigenvalue weighted by Gasteiger charge is -2.49. The number of rotatable bonds is 8. The van der Waals surface area contributed by atoms with E-state index in [0.717, 1.165) is 44.6 Å². The van der Waals surface area contributed by atoms with Crippen LogP contribution in [0.2, 0.25) is 0 Å². The molecule has 2 saturated carbocycles. The lowest BCUT2D eigenvalue weighted by Crippen LogP contribution is -2.66. The third kappa shape index (κ3) is 6.13. The molecule has 43 heavy (non-hydrogen) atoms. The van der Waals surface area contributed by atoms with Crippen LogP contribution < -0.4 is 5.32 Å². The monoisotopic (exact) mass is 604 g/mol. The maximum Gasteiger partial charge on any atom is 0.318 e. The van der Waals surface area contributed by atoms with Gasteiger partial charge in [-0.15, -0.1) is 0 Å². The molecule has 6 rings (SSSR count). The quantitative estimate of drug-likeness (QED) is 0.418. The van der Waals surface area contributed by atoms with Gasteiger partial charge in [-0.3, -0.25) is 4.90 Å². The van der Waals surface area contributed by atoms with E-state index in [1.165, 1.54) is 0 Å². The molecule has 11 heteroatoms. The Morgan fingerprint density at radius 2 is 1.91 bits per heavy atom. The van der Waals surface area contributed by atoms with Gasteiger partial charge in [0.2, 0.25) is 5.89 Å². The smallest absolute Gasteiger partial charge is 0.318 e. The Balaban J connectivity index is 1.17. The first kappa shape index (κ1) is 30.6. The molecule has 2 aliphatic heterocycles. The molecule has 238 valence electrons. The lowest BCUT2D eigenvalue weighted by molar-refractivity contribution is -0.0964. The van der Waals surface area contributed by atoms with Gasteiger partial charge in [0.25, 0.3) is 5.92 Å². The van der Waals surface area contributed by atoms with E-state index in [1.54, 1.807) is 4.90 Å². The van der Waals surface area contributed by atoms with Crippen LogP contribution in [0.15, 0.2) is 28.3 Å². The second kappa shape index (κ2) is 12.2. The molecule has 5 aliphatic rings. The third-order valence-electron chi connectivity index (χ3n) is 10.9. The fraction of sp³-hybridized carbons (Fsp3) is 0.781. The number of urea groups is 1. The first-order chi connectivity index (χ1) is 20.6. The number of carbonyl (C=O) groups excluding carboxylic acids is 1. The third-order valence-corrected chi connectivity index (χ3v) is 10.9. The van der Waals surface area contributed by atoms with Crippen molar-refractivity contribution in [2.45, 2.75) is 126 Å². The molecular formula is C32H47F3N6O2. The molecule has 0 radical (unpaired) electrons. The Bertz CT molecular complexity index is 1210. The molecule has 0 aromatic carbocycles.